The van der Waals surface area contributed by atoms with Gasteiger partial charge in [-0.3, -0.25) is 4.79 Å². The van der Waals surface area contributed by atoms with E-state index >= 15 is 0 Å². The summed E-state index contributed by atoms with van der Waals surface area (Å²) in [6.45, 7) is 0.831. The van der Waals surface area contributed by atoms with Crippen molar-refractivity contribution in [2.75, 3.05) is 11.4 Å². The lowest BCUT2D eigenvalue weighted by Crippen LogP contribution is -2.25. The Morgan fingerprint density at radius 1 is 1.07 bits per heavy atom. The molecule has 1 aromatic heterocycles. The Hall–Kier alpha value is -2.97. The normalized spacial score (nSPS) is 14.6. The van der Waals surface area contributed by atoms with Gasteiger partial charge in [0, 0.05) is 37.6 Å². The van der Waals surface area contributed by atoms with Crippen molar-refractivity contribution < 1.29 is 13.2 Å². The first-order valence-corrected chi connectivity index (χ1v) is 10.5. The van der Waals surface area contributed by atoms with E-state index in [1.165, 1.54) is 12.1 Å². The second-order valence-electron chi connectivity index (χ2n) is 6.57. The Morgan fingerprint density at radius 2 is 1.86 bits per heavy atom. The Bertz CT molecular complexity index is 1080. The summed E-state index contributed by atoms with van der Waals surface area (Å²) in [6.07, 6.45) is 6.53. The molecule has 1 fully saturated rings. The van der Waals surface area contributed by atoms with Crippen LogP contribution in [0, 0.1) is 0 Å². The van der Waals surface area contributed by atoms with Gasteiger partial charge in [-0.1, -0.05) is 18.2 Å². The van der Waals surface area contributed by atoms with Gasteiger partial charge in [0.25, 0.3) is 0 Å². The van der Waals surface area contributed by atoms with Crippen molar-refractivity contribution in [2.45, 2.75) is 24.3 Å². The van der Waals surface area contributed by atoms with E-state index in [1.807, 2.05) is 35.0 Å². The molecule has 0 spiro atoms. The minimum Gasteiger partial charge on any atom is -0.312 e. The highest BCUT2D eigenvalue weighted by molar-refractivity contribution is 7.89. The van der Waals surface area contributed by atoms with E-state index in [4.69, 9.17) is 0 Å². The molecule has 1 saturated heterocycles. The summed E-state index contributed by atoms with van der Waals surface area (Å²) in [5, 5.41) is 0. The number of carbonyl (C=O) groups excluding carboxylic acids is 1. The fourth-order valence-corrected chi connectivity index (χ4v) is 4.30. The van der Waals surface area contributed by atoms with Crippen molar-refractivity contribution in [3.05, 3.63) is 72.8 Å². The summed E-state index contributed by atoms with van der Waals surface area (Å²) in [6, 6.07) is 14.0. The van der Waals surface area contributed by atoms with E-state index in [2.05, 4.69) is 9.71 Å². The van der Waals surface area contributed by atoms with E-state index in [1.54, 1.807) is 29.6 Å². The summed E-state index contributed by atoms with van der Waals surface area (Å²) in [4.78, 5) is 17.7. The lowest BCUT2D eigenvalue weighted by atomic mass is 10.2. The number of anilines is 1. The molecule has 144 valence electrons. The third-order valence-electron chi connectivity index (χ3n) is 4.76. The van der Waals surface area contributed by atoms with Crippen molar-refractivity contribution in [2.24, 2.45) is 0 Å². The van der Waals surface area contributed by atoms with Crippen molar-refractivity contribution in [3.63, 3.8) is 0 Å². The number of para-hydroxylation sites is 1. The van der Waals surface area contributed by atoms with Gasteiger partial charge >= 0.3 is 0 Å². The molecule has 1 N–H and O–H groups in total. The molecule has 3 aromatic rings. The zero-order valence-electron chi connectivity index (χ0n) is 15.2. The molecule has 7 nitrogen and oxygen atoms in total. The molecular weight excluding hydrogens is 376 g/mol. The number of carbonyl (C=O) groups is 1. The first kappa shape index (κ1) is 18.4. The summed E-state index contributed by atoms with van der Waals surface area (Å²) in [5.41, 5.74) is 2.43. The quantitative estimate of drug-likeness (QED) is 0.694. The van der Waals surface area contributed by atoms with Crippen LogP contribution in [0.15, 0.2) is 72.1 Å². The number of sulfonamides is 1. The van der Waals surface area contributed by atoms with Crippen LogP contribution in [0.5, 0.6) is 0 Å². The van der Waals surface area contributed by atoms with Gasteiger partial charge in [-0.15, -0.1) is 0 Å². The van der Waals surface area contributed by atoms with Crippen LogP contribution in [0.25, 0.3) is 5.69 Å². The van der Waals surface area contributed by atoms with Crippen LogP contribution < -0.4 is 9.62 Å². The number of amides is 1. The first-order valence-electron chi connectivity index (χ1n) is 9.01. The summed E-state index contributed by atoms with van der Waals surface area (Å²) >= 11 is 0. The van der Waals surface area contributed by atoms with Crippen LogP contribution in [-0.4, -0.2) is 30.4 Å². The average molecular weight is 396 g/mol. The fraction of sp³-hybridized carbons (Fsp3) is 0.200. The molecule has 0 radical (unpaired) electrons. The Morgan fingerprint density at radius 3 is 2.54 bits per heavy atom. The van der Waals surface area contributed by atoms with Gasteiger partial charge in [0.05, 0.1) is 16.9 Å². The third-order valence-corrected chi connectivity index (χ3v) is 6.18. The molecule has 0 atom stereocenters. The molecular formula is C20H20N4O3S. The minimum absolute atomic E-state index is 0.0739. The van der Waals surface area contributed by atoms with Crippen molar-refractivity contribution in [3.8, 4) is 5.69 Å². The van der Waals surface area contributed by atoms with Crippen molar-refractivity contribution in [1.29, 1.82) is 0 Å². The predicted octanol–water partition coefficient (Wildman–Crippen LogP) is 2.48. The molecule has 2 heterocycles. The van der Waals surface area contributed by atoms with Gasteiger partial charge in [-0.2, -0.15) is 0 Å². The highest BCUT2D eigenvalue weighted by Gasteiger charge is 2.22. The average Bonchev–Trinajstić information content (AvgIpc) is 3.39. The molecule has 0 bridgehead atoms. The van der Waals surface area contributed by atoms with E-state index in [-0.39, 0.29) is 17.3 Å². The Kier molecular flexibility index (Phi) is 4.97. The van der Waals surface area contributed by atoms with Crippen LogP contribution in [0.3, 0.4) is 0 Å². The maximum atomic E-state index is 12.7. The number of hydrogen-bond donors (Lipinski definition) is 1. The molecule has 0 aliphatic carbocycles. The summed E-state index contributed by atoms with van der Waals surface area (Å²) < 4.78 is 29.9. The lowest BCUT2D eigenvalue weighted by Gasteiger charge is -2.16. The second kappa shape index (κ2) is 7.57. The van der Waals surface area contributed by atoms with Gasteiger partial charge in [0.2, 0.25) is 15.9 Å². The van der Waals surface area contributed by atoms with Crippen molar-refractivity contribution in [1.82, 2.24) is 14.3 Å². The van der Waals surface area contributed by atoms with Crippen LogP contribution in [0.2, 0.25) is 0 Å². The molecule has 1 aliphatic heterocycles. The van der Waals surface area contributed by atoms with Crippen LogP contribution in [0.1, 0.15) is 18.4 Å². The number of benzene rings is 2. The number of nitrogens with zero attached hydrogens (tertiary/aromatic N) is 3. The van der Waals surface area contributed by atoms with Crippen LogP contribution in [-0.2, 0) is 21.4 Å². The first-order chi connectivity index (χ1) is 13.5. The SMILES string of the molecule is O=C1CCCN1c1ccc(S(=O)(=O)NCc2ccccc2-n2ccnc2)cc1. The monoisotopic (exact) mass is 396 g/mol. The predicted molar refractivity (Wildman–Crippen MR) is 106 cm³/mol. The van der Waals surface area contributed by atoms with E-state index < -0.39 is 10.0 Å². The van der Waals surface area contributed by atoms with Crippen LogP contribution >= 0.6 is 0 Å². The van der Waals surface area contributed by atoms with Gasteiger partial charge in [0.1, 0.15) is 0 Å². The number of imidazole rings is 1. The molecule has 28 heavy (non-hydrogen) atoms. The number of aromatic nitrogens is 2. The van der Waals surface area contributed by atoms with E-state index in [0.717, 1.165) is 23.4 Å². The molecule has 0 saturated carbocycles. The second-order valence-corrected chi connectivity index (χ2v) is 8.33. The highest BCUT2D eigenvalue weighted by Crippen LogP contribution is 2.23. The topological polar surface area (TPSA) is 84.3 Å². The molecule has 1 amide bonds. The zero-order valence-corrected chi connectivity index (χ0v) is 16.0. The van der Waals surface area contributed by atoms with Crippen molar-refractivity contribution >= 4 is 21.6 Å². The molecule has 8 heteroatoms. The fourth-order valence-electron chi connectivity index (χ4n) is 3.30. The maximum absolute atomic E-state index is 12.7. The molecule has 1 aliphatic rings. The lowest BCUT2D eigenvalue weighted by molar-refractivity contribution is -0.117. The van der Waals surface area contributed by atoms with Gasteiger partial charge in [-0.05, 0) is 42.3 Å². The Balaban J connectivity index is 1.50. The molecule has 4 rings (SSSR count). The molecule has 2 aromatic carbocycles. The van der Waals surface area contributed by atoms with E-state index in [0.29, 0.717) is 13.0 Å². The summed E-state index contributed by atoms with van der Waals surface area (Å²) in [7, 11) is -3.68. The van der Waals surface area contributed by atoms with Gasteiger partial charge < -0.3 is 9.47 Å². The standard InChI is InChI=1S/C20H20N4O3S/c25-20-6-3-12-24(20)17-7-9-18(10-8-17)28(26,27)22-14-16-4-1-2-5-19(16)23-13-11-21-15-23/h1-2,4-5,7-11,13,15,22H,3,6,12,14H2. The van der Waals surface area contributed by atoms with Gasteiger partial charge in [-0.25, -0.2) is 18.1 Å². The third kappa shape index (κ3) is 3.69. The Labute approximate surface area is 163 Å². The molecule has 0 unspecified atom stereocenters. The smallest absolute Gasteiger partial charge is 0.240 e. The summed E-state index contributed by atoms with van der Waals surface area (Å²) in [5.74, 6) is 0.0739. The minimum atomic E-state index is -3.68. The maximum Gasteiger partial charge on any atom is 0.240 e. The van der Waals surface area contributed by atoms with Gasteiger partial charge in [0.15, 0.2) is 0 Å². The zero-order chi connectivity index (χ0) is 19.6. The highest BCUT2D eigenvalue weighted by atomic mass is 32.2. The number of nitrogens with one attached hydrogen (secondary N) is 1. The number of hydrogen-bond acceptors (Lipinski definition) is 4. The largest absolute Gasteiger partial charge is 0.312 e. The van der Waals surface area contributed by atoms with E-state index in [9.17, 15) is 13.2 Å². The number of rotatable bonds is 6. The van der Waals surface area contributed by atoms with Crippen LogP contribution in [0.4, 0.5) is 5.69 Å².